The molecule has 0 saturated heterocycles. The number of nitrogens with zero attached hydrogens (tertiary/aromatic N) is 4. The van der Waals surface area contributed by atoms with E-state index in [1.807, 2.05) is 0 Å². The lowest BCUT2D eigenvalue weighted by Gasteiger charge is -2.11. The van der Waals surface area contributed by atoms with Crippen LogP contribution < -0.4 is 5.32 Å². The molecule has 0 unspecified atom stereocenters. The van der Waals surface area contributed by atoms with Gasteiger partial charge in [-0.1, -0.05) is 0 Å². The molecular formula is C13H13N5O3. The lowest BCUT2D eigenvalue weighted by Crippen LogP contribution is -2.34. The van der Waals surface area contributed by atoms with Crippen LogP contribution in [-0.2, 0) is 4.79 Å². The lowest BCUT2D eigenvalue weighted by molar-refractivity contribution is -0.143. The van der Waals surface area contributed by atoms with Crippen molar-refractivity contribution in [2.24, 2.45) is 5.41 Å². The van der Waals surface area contributed by atoms with Gasteiger partial charge in [0.05, 0.1) is 11.0 Å². The van der Waals surface area contributed by atoms with Crippen molar-refractivity contribution in [3.63, 3.8) is 0 Å². The Hall–Kier alpha value is -2.77. The molecule has 8 heteroatoms. The summed E-state index contributed by atoms with van der Waals surface area (Å²) in [6.07, 6.45) is 5.53. The van der Waals surface area contributed by atoms with E-state index in [0.717, 1.165) is 0 Å². The topological polar surface area (TPSA) is 110 Å². The fraction of sp³-hybridized carbons (Fsp3) is 0.308. The normalized spacial score (nSPS) is 15.4. The maximum atomic E-state index is 12.0. The quantitative estimate of drug-likeness (QED) is 0.816. The Morgan fingerprint density at radius 2 is 2.19 bits per heavy atom. The Morgan fingerprint density at radius 3 is 2.71 bits per heavy atom. The third-order valence-corrected chi connectivity index (χ3v) is 3.56. The van der Waals surface area contributed by atoms with E-state index < -0.39 is 11.4 Å². The van der Waals surface area contributed by atoms with Crippen LogP contribution in [0.15, 0.2) is 31.0 Å². The number of nitrogens with one attached hydrogen (secondary N) is 1. The van der Waals surface area contributed by atoms with Crippen molar-refractivity contribution >= 4 is 11.9 Å². The Bertz CT molecular complexity index is 662. The molecule has 2 aromatic heterocycles. The summed E-state index contributed by atoms with van der Waals surface area (Å²) < 4.78 is 1.48. The Morgan fingerprint density at radius 1 is 1.38 bits per heavy atom. The zero-order valence-corrected chi connectivity index (χ0v) is 11.1. The lowest BCUT2D eigenvalue weighted by atomic mass is 10.1. The van der Waals surface area contributed by atoms with Crippen molar-refractivity contribution in [2.45, 2.75) is 12.8 Å². The van der Waals surface area contributed by atoms with E-state index in [1.54, 1.807) is 12.1 Å². The highest BCUT2D eigenvalue weighted by atomic mass is 16.4. The summed E-state index contributed by atoms with van der Waals surface area (Å²) in [5.41, 5.74) is -0.399. The van der Waals surface area contributed by atoms with Gasteiger partial charge in [-0.05, 0) is 25.0 Å². The van der Waals surface area contributed by atoms with Gasteiger partial charge in [0.1, 0.15) is 12.7 Å². The van der Waals surface area contributed by atoms with Gasteiger partial charge >= 0.3 is 5.97 Å². The first-order valence-corrected chi connectivity index (χ1v) is 6.43. The van der Waals surface area contributed by atoms with Crippen molar-refractivity contribution in [1.82, 2.24) is 25.1 Å². The predicted octanol–water partition coefficient (Wildman–Crippen LogP) is 0.257. The molecule has 3 rings (SSSR count). The molecule has 8 nitrogen and oxygen atoms in total. The van der Waals surface area contributed by atoms with Crippen LogP contribution in [0.4, 0.5) is 0 Å². The van der Waals surface area contributed by atoms with Crippen LogP contribution in [0.3, 0.4) is 0 Å². The standard InChI is InChI=1S/C13H13N5O3/c19-11(16-6-13(3-4-13)12(20)21)9-1-2-10(15-5-9)18-8-14-7-17-18/h1-2,5,7-8H,3-4,6H2,(H,16,19)(H,20,21). The van der Waals surface area contributed by atoms with Crippen molar-refractivity contribution in [2.75, 3.05) is 6.54 Å². The SMILES string of the molecule is O=C(NCC1(C(=O)O)CC1)c1ccc(-n2cncn2)nc1. The number of carbonyl (C=O) groups is 2. The number of hydrogen-bond donors (Lipinski definition) is 2. The van der Waals surface area contributed by atoms with Gasteiger partial charge in [0.15, 0.2) is 5.82 Å². The van der Waals surface area contributed by atoms with Crippen LogP contribution in [0, 0.1) is 5.41 Å². The zero-order chi connectivity index (χ0) is 14.9. The van der Waals surface area contributed by atoms with Gasteiger partial charge in [-0.2, -0.15) is 5.10 Å². The summed E-state index contributed by atoms with van der Waals surface area (Å²) >= 11 is 0. The molecule has 2 N–H and O–H groups in total. The second-order valence-electron chi connectivity index (χ2n) is 5.01. The Labute approximate surface area is 119 Å². The monoisotopic (exact) mass is 287 g/mol. The molecule has 2 heterocycles. The van der Waals surface area contributed by atoms with Crippen LogP contribution in [0.1, 0.15) is 23.2 Å². The third kappa shape index (κ3) is 2.60. The molecule has 21 heavy (non-hydrogen) atoms. The van der Waals surface area contributed by atoms with Crippen LogP contribution in [-0.4, -0.2) is 43.3 Å². The van der Waals surface area contributed by atoms with Gasteiger partial charge in [-0.3, -0.25) is 9.59 Å². The highest BCUT2D eigenvalue weighted by Gasteiger charge is 2.50. The molecule has 1 saturated carbocycles. The molecule has 1 aliphatic rings. The maximum Gasteiger partial charge on any atom is 0.311 e. The van der Waals surface area contributed by atoms with Crippen LogP contribution in [0.2, 0.25) is 0 Å². The number of aliphatic carboxylic acids is 1. The van der Waals surface area contributed by atoms with Gasteiger partial charge in [0, 0.05) is 12.7 Å². The first-order valence-electron chi connectivity index (χ1n) is 6.43. The number of hydrogen-bond acceptors (Lipinski definition) is 5. The largest absolute Gasteiger partial charge is 0.481 e. The molecular weight excluding hydrogens is 274 g/mol. The van der Waals surface area contributed by atoms with Crippen molar-refractivity contribution < 1.29 is 14.7 Å². The highest BCUT2D eigenvalue weighted by Crippen LogP contribution is 2.45. The Kier molecular flexibility index (Phi) is 3.13. The highest BCUT2D eigenvalue weighted by molar-refractivity contribution is 5.94. The Balaban J connectivity index is 1.64. The number of carboxylic acids is 1. The summed E-state index contributed by atoms with van der Waals surface area (Å²) in [5, 5.41) is 15.6. The molecule has 1 aliphatic carbocycles. The minimum Gasteiger partial charge on any atom is -0.481 e. The molecule has 0 bridgehead atoms. The number of carbonyl (C=O) groups excluding carboxylic acids is 1. The van der Waals surface area contributed by atoms with Gasteiger partial charge in [-0.25, -0.2) is 14.6 Å². The van der Waals surface area contributed by atoms with E-state index in [4.69, 9.17) is 5.11 Å². The number of aromatic nitrogens is 4. The van der Waals surface area contributed by atoms with Crippen LogP contribution in [0.5, 0.6) is 0 Å². The fourth-order valence-electron chi connectivity index (χ4n) is 1.95. The summed E-state index contributed by atoms with van der Waals surface area (Å²) in [6, 6.07) is 3.26. The smallest absolute Gasteiger partial charge is 0.311 e. The van der Waals surface area contributed by atoms with Crippen molar-refractivity contribution in [1.29, 1.82) is 0 Å². The number of carboxylic acid groups (broad SMARTS) is 1. The van der Waals surface area contributed by atoms with E-state index in [1.165, 1.54) is 23.5 Å². The summed E-state index contributed by atoms with van der Waals surface area (Å²) in [7, 11) is 0. The predicted molar refractivity (Wildman–Crippen MR) is 70.8 cm³/mol. The second kappa shape index (κ2) is 4.97. The first-order chi connectivity index (χ1) is 10.1. The molecule has 1 amide bonds. The number of rotatable bonds is 5. The third-order valence-electron chi connectivity index (χ3n) is 3.56. The fourth-order valence-corrected chi connectivity index (χ4v) is 1.95. The zero-order valence-electron chi connectivity index (χ0n) is 11.1. The van der Waals surface area contributed by atoms with E-state index in [9.17, 15) is 9.59 Å². The molecule has 0 spiro atoms. The van der Waals surface area contributed by atoms with E-state index >= 15 is 0 Å². The van der Waals surface area contributed by atoms with Gasteiger partial charge in [-0.15, -0.1) is 0 Å². The van der Waals surface area contributed by atoms with Gasteiger partial charge in [0.2, 0.25) is 0 Å². The molecule has 0 atom stereocenters. The maximum absolute atomic E-state index is 12.0. The minimum atomic E-state index is -0.859. The summed E-state index contributed by atoms with van der Waals surface area (Å²) in [4.78, 5) is 30.9. The molecule has 1 fully saturated rings. The molecule has 108 valence electrons. The molecule has 0 aliphatic heterocycles. The number of pyridine rings is 1. The first kappa shape index (κ1) is 13.2. The average Bonchev–Trinajstić information content (AvgIpc) is 3.10. The van der Waals surface area contributed by atoms with Crippen molar-refractivity contribution in [3.05, 3.63) is 36.5 Å². The number of amides is 1. The van der Waals surface area contributed by atoms with Gasteiger partial charge in [0.25, 0.3) is 5.91 Å². The molecule has 0 aromatic carbocycles. The average molecular weight is 287 g/mol. The molecule has 0 radical (unpaired) electrons. The van der Waals surface area contributed by atoms with Crippen LogP contribution >= 0.6 is 0 Å². The molecule has 2 aromatic rings. The van der Waals surface area contributed by atoms with E-state index in [-0.39, 0.29) is 12.5 Å². The summed E-state index contributed by atoms with van der Waals surface area (Å²) in [6.45, 7) is 0.145. The minimum absolute atomic E-state index is 0.145. The van der Waals surface area contributed by atoms with Crippen LogP contribution in [0.25, 0.3) is 5.82 Å². The van der Waals surface area contributed by atoms with E-state index in [0.29, 0.717) is 24.2 Å². The van der Waals surface area contributed by atoms with Crippen molar-refractivity contribution in [3.8, 4) is 5.82 Å². The summed E-state index contributed by atoms with van der Waals surface area (Å²) in [5.74, 6) is -0.643. The van der Waals surface area contributed by atoms with Gasteiger partial charge < -0.3 is 10.4 Å². The second-order valence-corrected chi connectivity index (χ2v) is 5.01. The van der Waals surface area contributed by atoms with E-state index in [2.05, 4.69) is 20.4 Å².